The Bertz CT molecular complexity index is 1010. The fourth-order valence-corrected chi connectivity index (χ4v) is 6.64. The van der Waals surface area contributed by atoms with Crippen molar-refractivity contribution in [3.63, 3.8) is 0 Å². The van der Waals surface area contributed by atoms with Gasteiger partial charge in [0.25, 0.3) is 0 Å². The zero-order valence-electron chi connectivity index (χ0n) is 24.8. The molecule has 0 unspecified atom stereocenters. The van der Waals surface area contributed by atoms with Crippen LogP contribution >= 0.6 is 11.6 Å². The van der Waals surface area contributed by atoms with Crippen molar-refractivity contribution in [2.75, 3.05) is 45.8 Å². The average Bonchev–Trinajstić information content (AvgIpc) is 3.40. The van der Waals surface area contributed by atoms with E-state index in [0.29, 0.717) is 36.5 Å². The minimum atomic E-state index is -0.597. The number of hydrogen-bond donors (Lipinski definition) is 1. The van der Waals surface area contributed by atoms with Crippen molar-refractivity contribution in [1.29, 1.82) is 0 Å². The number of piperidine rings is 1. The Morgan fingerprint density at radius 3 is 2.12 bits per heavy atom. The quantitative estimate of drug-likeness (QED) is 0.484. The lowest BCUT2D eigenvalue weighted by Gasteiger charge is -2.47. The van der Waals surface area contributed by atoms with Crippen LogP contribution in [0.1, 0.15) is 71.8 Å². The highest BCUT2D eigenvalue weighted by Crippen LogP contribution is 2.37. The van der Waals surface area contributed by atoms with Gasteiger partial charge in [-0.2, -0.15) is 0 Å². The topological polar surface area (TPSA) is 76.2 Å². The molecule has 1 N–H and O–H groups in total. The Kier molecular flexibility index (Phi) is 10.5. The Labute approximate surface area is 245 Å². The standard InChI is InChI=1S/C31H48ClN5O3/c1-23(2)22-37(27-11-15-34(16-12-27)24(3)38)36-19-17-35(18-20-36)29(39)28(21-25-7-9-26(32)10-8-25)33-30(40)31(4)13-5-6-14-31/h7-10,23,27-28H,5-6,11-22H2,1-4H3,(H,33,40)/t28-/m1/s1. The molecule has 9 heteroatoms. The van der Waals surface area contributed by atoms with Gasteiger partial charge >= 0.3 is 0 Å². The summed E-state index contributed by atoms with van der Waals surface area (Å²) >= 11 is 6.10. The number of rotatable bonds is 9. The van der Waals surface area contributed by atoms with Crippen LogP contribution in [-0.4, -0.2) is 95.4 Å². The lowest BCUT2D eigenvalue weighted by molar-refractivity contribution is -0.147. The summed E-state index contributed by atoms with van der Waals surface area (Å²) in [5.74, 6) is 0.662. The number of halogens is 1. The molecule has 0 aromatic heterocycles. The van der Waals surface area contributed by atoms with Crippen molar-refractivity contribution in [3.05, 3.63) is 34.9 Å². The van der Waals surface area contributed by atoms with E-state index in [1.54, 1.807) is 6.92 Å². The molecule has 3 amide bonds. The highest BCUT2D eigenvalue weighted by molar-refractivity contribution is 6.30. The number of hydrogen-bond acceptors (Lipinski definition) is 5. The van der Waals surface area contributed by atoms with Crippen LogP contribution in [-0.2, 0) is 20.8 Å². The largest absolute Gasteiger partial charge is 0.344 e. The van der Waals surface area contributed by atoms with Gasteiger partial charge in [0.15, 0.2) is 0 Å². The van der Waals surface area contributed by atoms with Gasteiger partial charge < -0.3 is 15.1 Å². The van der Waals surface area contributed by atoms with E-state index in [1.165, 1.54) is 0 Å². The molecule has 0 bridgehead atoms. The van der Waals surface area contributed by atoms with Gasteiger partial charge in [-0.1, -0.05) is 57.3 Å². The van der Waals surface area contributed by atoms with Gasteiger partial charge in [-0.3, -0.25) is 14.4 Å². The van der Waals surface area contributed by atoms with Crippen molar-refractivity contribution in [3.8, 4) is 0 Å². The van der Waals surface area contributed by atoms with E-state index in [2.05, 4.69) is 29.2 Å². The summed E-state index contributed by atoms with van der Waals surface area (Å²) in [4.78, 5) is 43.0. The Morgan fingerprint density at radius 2 is 1.57 bits per heavy atom. The van der Waals surface area contributed by atoms with Crippen LogP contribution in [0.5, 0.6) is 0 Å². The molecule has 2 aliphatic heterocycles. The number of carbonyl (C=O) groups is 3. The van der Waals surface area contributed by atoms with E-state index in [4.69, 9.17) is 11.6 Å². The molecule has 0 spiro atoms. The number of benzene rings is 1. The van der Waals surface area contributed by atoms with Crippen LogP contribution in [0.4, 0.5) is 0 Å². The SMILES string of the molecule is CC(=O)N1CCC(N(CC(C)C)N2CCN(C(=O)[C@@H](Cc3ccc(Cl)cc3)NC(=O)C3(C)CCCC3)CC2)CC1. The van der Waals surface area contributed by atoms with E-state index in [9.17, 15) is 14.4 Å². The van der Waals surface area contributed by atoms with Gasteiger partial charge in [0.05, 0.1) is 0 Å². The van der Waals surface area contributed by atoms with Gasteiger partial charge in [0.2, 0.25) is 17.7 Å². The van der Waals surface area contributed by atoms with E-state index in [0.717, 1.165) is 76.8 Å². The molecule has 1 atom stereocenters. The molecule has 4 rings (SSSR count). The molecule has 1 saturated carbocycles. The summed E-state index contributed by atoms with van der Waals surface area (Å²) in [7, 11) is 0. The molecule has 8 nitrogen and oxygen atoms in total. The second-order valence-electron chi connectivity index (χ2n) is 12.7. The zero-order valence-corrected chi connectivity index (χ0v) is 25.6. The summed E-state index contributed by atoms with van der Waals surface area (Å²) in [6.45, 7) is 13.5. The Balaban J connectivity index is 1.41. The van der Waals surface area contributed by atoms with Gasteiger partial charge in [0.1, 0.15) is 6.04 Å². The van der Waals surface area contributed by atoms with Crippen LogP contribution < -0.4 is 5.32 Å². The van der Waals surface area contributed by atoms with Crippen LogP contribution in [0.3, 0.4) is 0 Å². The smallest absolute Gasteiger partial charge is 0.245 e. The summed E-state index contributed by atoms with van der Waals surface area (Å²) in [6.07, 6.45) is 6.25. The number of amides is 3. The van der Waals surface area contributed by atoms with Crippen molar-refractivity contribution in [2.45, 2.75) is 84.7 Å². The zero-order chi connectivity index (χ0) is 28.9. The first-order valence-corrected chi connectivity index (χ1v) is 15.5. The third-order valence-corrected chi connectivity index (χ3v) is 9.28. The van der Waals surface area contributed by atoms with Crippen LogP contribution in [0, 0.1) is 11.3 Å². The van der Waals surface area contributed by atoms with Crippen molar-refractivity contribution in [1.82, 2.24) is 25.1 Å². The summed E-state index contributed by atoms with van der Waals surface area (Å²) in [5.41, 5.74) is 0.588. The predicted octanol–water partition coefficient (Wildman–Crippen LogP) is 3.98. The van der Waals surface area contributed by atoms with Gasteiger partial charge in [-0.25, -0.2) is 10.0 Å². The molecule has 222 valence electrons. The minimum Gasteiger partial charge on any atom is -0.344 e. The molecule has 3 fully saturated rings. The van der Waals surface area contributed by atoms with Gasteiger partial charge in [-0.15, -0.1) is 0 Å². The van der Waals surface area contributed by atoms with Crippen LogP contribution in [0.15, 0.2) is 24.3 Å². The molecule has 1 aliphatic carbocycles. The molecule has 2 heterocycles. The van der Waals surface area contributed by atoms with Crippen LogP contribution in [0.2, 0.25) is 5.02 Å². The average molecular weight is 574 g/mol. The van der Waals surface area contributed by atoms with E-state index >= 15 is 0 Å². The maximum absolute atomic E-state index is 13.9. The normalized spacial score (nSPS) is 21.2. The molecule has 0 radical (unpaired) electrons. The van der Waals surface area contributed by atoms with Gasteiger partial charge in [-0.05, 0) is 49.3 Å². The molecule has 40 heavy (non-hydrogen) atoms. The highest BCUT2D eigenvalue weighted by Gasteiger charge is 2.39. The third kappa shape index (κ3) is 7.77. The van der Waals surface area contributed by atoms with Crippen LogP contribution in [0.25, 0.3) is 0 Å². The molecule has 3 aliphatic rings. The lowest BCUT2D eigenvalue weighted by atomic mass is 9.87. The monoisotopic (exact) mass is 573 g/mol. The molecular weight excluding hydrogens is 526 g/mol. The first-order chi connectivity index (χ1) is 19.1. The number of nitrogens with one attached hydrogen (secondary N) is 1. The summed E-state index contributed by atoms with van der Waals surface area (Å²) in [5, 5.41) is 8.75. The first kappa shape index (κ1) is 30.8. The first-order valence-electron chi connectivity index (χ1n) is 15.2. The predicted molar refractivity (Wildman–Crippen MR) is 159 cm³/mol. The van der Waals surface area contributed by atoms with Crippen molar-refractivity contribution in [2.24, 2.45) is 11.3 Å². The number of piperazine rings is 1. The minimum absolute atomic E-state index is 0.00374. The van der Waals surface area contributed by atoms with E-state index < -0.39 is 11.5 Å². The molecule has 2 saturated heterocycles. The summed E-state index contributed by atoms with van der Waals surface area (Å²) in [6, 6.07) is 7.35. The lowest BCUT2D eigenvalue weighted by Crippen LogP contribution is -2.62. The maximum Gasteiger partial charge on any atom is 0.245 e. The fraction of sp³-hybridized carbons (Fsp3) is 0.710. The number of hydrazine groups is 1. The van der Waals surface area contributed by atoms with Gasteiger partial charge in [0, 0.05) is 75.6 Å². The second kappa shape index (κ2) is 13.7. The molecular formula is C31H48ClN5O3. The highest BCUT2D eigenvalue weighted by atomic mass is 35.5. The Hall–Kier alpha value is -2.16. The van der Waals surface area contributed by atoms with Crippen molar-refractivity contribution < 1.29 is 14.4 Å². The molecule has 1 aromatic rings. The number of likely N-dealkylation sites (tertiary alicyclic amines) is 1. The molecule has 1 aromatic carbocycles. The Morgan fingerprint density at radius 1 is 0.975 bits per heavy atom. The van der Waals surface area contributed by atoms with Crippen molar-refractivity contribution >= 4 is 29.3 Å². The maximum atomic E-state index is 13.9. The van der Waals surface area contributed by atoms with E-state index in [-0.39, 0.29) is 17.7 Å². The second-order valence-corrected chi connectivity index (χ2v) is 13.1. The third-order valence-electron chi connectivity index (χ3n) is 9.03. The fourth-order valence-electron chi connectivity index (χ4n) is 6.51. The number of carbonyl (C=O) groups excluding carboxylic acids is 3. The van der Waals surface area contributed by atoms with E-state index in [1.807, 2.05) is 41.0 Å². The number of nitrogens with zero attached hydrogens (tertiary/aromatic N) is 4. The summed E-state index contributed by atoms with van der Waals surface area (Å²) < 4.78 is 0.